The molecule has 0 fully saturated rings. The van der Waals surface area contributed by atoms with Crippen LogP contribution in [0, 0.1) is 18.3 Å². The summed E-state index contributed by atoms with van der Waals surface area (Å²) in [6, 6.07) is 17.3. The first-order valence-electron chi connectivity index (χ1n) is 9.36. The number of carbonyl (C=O) groups is 1. The average Bonchev–Trinajstić information content (AvgIpc) is 3.18. The summed E-state index contributed by atoms with van der Waals surface area (Å²) in [5.41, 5.74) is 2.52. The Morgan fingerprint density at radius 2 is 2.17 bits per heavy atom. The third-order valence-electron chi connectivity index (χ3n) is 3.95. The molecule has 7 heteroatoms. The molecule has 0 saturated heterocycles. The summed E-state index contributed by atoms with van der Waals surface area (Å²) in [6.45, 7) is 2.38. The smallest absolute Gasteiger partial charge is 0.248 e. The van der Waals surface area contributed by atoms with Gasteiger partial charge in [-0.2, -0.15) is 5.26 Å². The van der Waals surface area contributed by atoms with Crippen molar-refractivity contribution in [1.29, 1.82) is 5.26 Å². The molecule has 0 aliphatic rings. The van der Waals surface area contributed by atoms with Crippen LogP contribution >= 0.6 is 23.1 Å². The number of nitrogens with one attached hydrogen (secondary N) is 1. The first-order valence-corrected chi connectivity index (χ1v) is 11.2. The van der Waals surface area contributed by atoms with Crippen LogP contribution in [-0.2, 0) is 11.4 Å². The molecule has 3 rings (SSSR count). The number of nitrogens with zero attached hydrogens (tertiary/aromatic N) is 2. The fraction of sp³-hybridized carbons (Fsp3) is 0.174. The van der Waals surface area contributed by atoms with Gasteiger partial charge in [0.1, 0.15) is 12.4 Å². The number of thioether (sulfide) groups is 1. The number of anilines is 1. The Hall–Kier alpha value is -3.08. The first kappa shape index (κ1) is 21.6. The van der Waals surface area contributed by atoms with E-state index < -0.39 is 0 Å². The van der Waals surface area contributed by atoms with Crippen molar-refractivity contribution in [2.24, 2.45) is 0 Å². The van der Waals surface area contributed by atoms with E-state index in [9.17, 15) is 4.79 Å². The van der Waals surface area contributed by atoms with E-state index in [0.29, 0.717) is 18.8 Å². The molecule has 5 nitrogen and oxygen atoms in total. The van der Waals surface area contributed by atoms with Gasteiger partial charge in [-0.05, 0) is 42.8 Å². The van der Waals surface area contributed by atoms with E-state index in [-0.39, 0.29) is 5.91 Å². The Morgan fingerprint density at radius 1 is 1.30 bits per heavy atom. The van der Waals surface area contributed by atoms with Gasteiger partial charge in [-0.1, -0.05) is 24.3 Å². The van der Waals surface area contributed by atoms with Gasteiger partial charge >= 0.3 is 0 Å². The van der Waals surface area contributed by atoms with Gasteiger partial charge in [-0.25, -0.2) is 4.98 Å². The topological polar surface area (TPSA) is 75.0 Å². The zero-order valence-electron chi connectivity index (χ0n) is 16.5. The normalized spacial score (nSPS) is 10.7. The summed E-state index contributed by atoms with van der Waals surface area (Å²) < 4.78 is 5.80. The van der Waals surface area contributed by atoms with Crippen molar-refractivity contribution < 1.29 is 9.53 Å². The number of ether oxygens (including phenoxy) is 1. The van der Waals surface area contributed by atoms with Crippen molar-refractivity contribution in [3.05, 3.63) is 76.3 Å². The highest BCUT2D eigenvalue weighted by atomic mass is 32.2. The quantitative estimate of drug-likeness (QED) is 0.265. The Kier molecular flexibility index (Phi) is 8.07. The summed E-state index contributed by atoms with van der Waals surface area (Å²) in [5, 5.41) is 14.6. The molecule has 1 heterocycles. The first-order chi connectivity index (χ1) is 14.6. The Bertz CT molecular complexity index is 1070. The van der Waals surface area contributed by atoms with Crippen LogP contribution in [0.25, 0.3) is 6.08 Å². The third kappa shape index (κ3) is 6.76. The molecule has 3 aromatic rings. The fourth-order valence-electron chi connectivity index (χ4n) is 2.59. The van der Waals surface area contributed by atoms with Crippen LogP contribution in [0.1, 0.15) is 22.7 Å². The minimum Gasteiger partial charge on any atom is -0.487 e. The molecule has 0 unspecified atom stereocenters. The maximum atomic E-state index is 12.4. The molecule has 0 saturated carbocycles. The van der Waals surface area contributed by atoms with Gasteiger partial charge in [0.05, 0.1) is 22.5 Å². The lowest BCUT2D eigenvalue weighted by Crippen LogP contribution is -2.08. The maximum absolute atomic E-state index is 12.4. The molecule has 1 aromatic heterocycles. The average molecular weight is 436 g/mol. The van der Waals surface area contributed by atoms with Crippen LogP contribution < -0.4 is 10.1 Å². The van der Waals surface area contributed by atoms with Gasteiger partial charge in [0.25, 0.3) is 0 Å². The van der Waals surface area contributed by atoms with Gasteiger partial charge < -0.3 is 10.1 Å². The van der Waals surface area contributed by atoms with Gasteiger partial charge in [0, 0.05) is 28.5 Å². The largest absolute Gasteiger partial charge is 0.487 e. The number of hydrogen-bond donors (Lipinski definition) is 1. The van der Waals surface area contributed by atoms with Crippen LogP contribution in [0.15, 0.2) is 64.9 Å². The number of aryl methyl sites for hydroxylation is 1. The van der Waals surface area contributed by atoms with Crippen LogP contribution in [0.5, 0.6) is 5.75 Å². The second kappa shape index (κ2) is 11.2. The molecule has 2 aromatic carbocycles. The second-order valence-corrected chi connectivity index (χ2v) is 8.49. The molecular weight excluding hydrogens is 414 g/mol. The molecule has 1 N–H and O–H groups in total. The summed E-state index contributed by atoms with van der Waals surface area (Å²) in [4.78, 5) is 17.7. The fourth-order valence-corrected chi connectivity index (χ4v) is 4.05. The summed E-state index contributed by atoms with van der Waals surface area (Å²) in [7, 11) is 0. The van der Waals surface area contributed by atoms with E-state index in [4.69, 9.17) is 10.00 Å². The molecule has 0 aliphatic heterocycles. The van der Waals surface area contributed by atoms with Crippen molar-refractivity contribution in [2.75, 3.05) is 11.1 Å². The van der Waals surface area contributed by atoms with Crippen molar-refractivity contribution in [3.8, 4) is 11.8 Å². The standard InChI is InChI=1S/C23H21N3O2S2/c1-17-25-19(16-30-17)15-28-20-7-4-6-18(14-20)10-11-23(27)26-21-8-2-3-9-22(21)29-13-5-12-24/h2-4,6-11,14,16H,5,13,15H2,1H3,(H,26,27). The number of rotatable bonds is 9. The minimum absolute atomic E-state index is 0.215. The Balaban J connectivity index is 1.58. The zero-order chi connectivity index (χ0) is 21.2. The van der Waals surface area contributed by atoms with Crippen molar-refractivity contribution in [3.63, 3.8) is 0 Å². The second-order valence-electron chi connectivity index (χ2n) is 6.29. The highest BCUT2D eigenvalue weighted by molar-refractivity contribution is 7.99. The van der Waals surface area contributed by atoms with Gasteiger partial charge in [-0.3, -0.25) is 4.79 Å². The number of aromatic nitrogens is 1. The predicted octanol–water partition coefficient (Wildman–Crippen LogP) is 5.69. The van der Waals surface area contributed by atoms with E-state index in [1.165, 1.54) is 6.08 Å². The monoisotopic (exact) mass is 435 g/mol. The Labute approximate surface area is 184 Å². The number of carbonyl (C=O) groups excluding carboxylic acids is 1. The SMILES string of the molecule is Cc1nc(COc2cccc(C=CC(=O)Nc3ccccc3SCCC#N)c2)cs1. The highest BCUT2D eigenvalue weighted by Crippen LogP contribution is 2.27. The molecule has 0 radical (unpaired) electrons. The number of para-hydroxylation sites is 1. The van der Waals surface area contributed by atoms with E-state index in [0.717, 1.165) is 32.6 Å². The molecule has 0 atom stereocenters. The van der Waals surface area contributed by atoms with E-state index in [1.54, 1.807) is 29.2 Å². The van der Waals surface area contributed by atoms with Crippen molar-refractivity contribution >= 4 is 40.8 Å². The third-order valence-corrected chi connectivity index (χ3v) is 5.85. The number of hydrogen-bond acceptors (Lipinski definition) is 6. The molecule has 0 spiro atoms. The maximum Gasteiger partial charge on any atom is 0.248 e. The summed E-state index contributed by atoms with van der Waals surface area (Å²) in [5.74, 6) is 1.20. The number of amides is 1. The lowest BCUT2D eigenvalue weighted by atomic mass is 10.2. The van der Waals surface area contributed by atoms with Crippen molar-refractivity contribution in [2.45, 2.75) is 24.8 Å². The van der Waals surface area contributed by atoms with Gasteiger partial charge in [0.15, 0.2) is 0 Å². The van der Waals surface area contributed by atoms with Crippen LogP contribution in [0.4, 0.5) is 5.69 Å². The number of benzene rings is 2. The summed E-state index contributed by atoms with van der Waals surface area (Å²) >= 11 is 3.15. The van der Waals surface area contributed by atoms with Crippen LogP contribution in [-0.4, -0.2) is 16.6 Å². The van der Waals surface area contributed by atoms with E-state index in [1.807, 2.05) is 60.8 Å². The molecule has 1 amide bonds. The zero-order valence-corrected chi connectivity index (χ0v) is 18.1. The lowest BCUT2D eigenvalue weighted by molar-refractivity contribution is -0.111. The van der Waals surface area contributed by atoms with E-state index in [2.05, 4.69) is 16.4 Å². The molecule has 30 heavy (non-hydrogen) atoms. The molecule has 0 aliphatic carbocycles. The molecule has 152 valence electrons. The number of thiazole rings is 1. The highest BCUT2D eigenvalue weighted by Gasteiger charge is 2.05. The number of nitriles is 1. The Morgan fingerprint density at radius 3 is 2.97 bits per heavy atom. The minimum atomic E-state index is -0.215. The molecular formula is C23H21N3O2S2. The van der Waals surface area contributed by atoms with Gasteiger partial charge in [-0.15, -0.1) is 23.1 Å². The molecule has 0 bridgehead atoms. The lowest BCUT2D eigenvalue weighted by Gasteiger charge is -2.08. The predicted molar refractivity (Wildman–Crippen MR) is 123 cm³/mol. The van der Waals surface area contributed by atoms with E-state index >= 15 is 0 Å². The van der Waals surface area contributed by atoms with Crippen LogP contribution in [0.3, 0.4) is 0 Å². The van der Waals surface area contributed by atoms with Crippen LogP contribution in [0.2, 0.25) is 0 Å². The van der Waals surface area contributed by atoms with Gasteiger partial charge in [0.2, 0.25) is 5.91 Å². The summed E-state index contributed by atoms with van der Waals surface area (Å²) in [6.07, 6.45) is 3.72. The van der Waals surface area contributed by atoms with Crippen molar-refractivity contribution in [1.82, 2.24) is 4.98 Å².